The predicted octanol–water partition coefficient (Wildman–Crippen LogP) is 2.19. The largest absolute Gasteiger partial charge is 0.465 e. The van der Waals surface area contributed by atoms with E-state index >= 15 is 0 Å². The average Bonchev–Trinajstić information content (AvgIpc) is 2.27. The first-order valence-electron chi connectivity index (χ1n) is 4.75. The van der Waals surface area contributed by atoms with E-state index in [1.165, 1.54) is 4.90 Å². The number of carbonyl (C=O) groups is 1. The van der Waals surface area contributed by atoms with Crippen molar-refractivity contribution in [2.24, 2.45) is 0 Å². The van der Waals surface area contributed by atoms with Gasteiger partial charge >= 0.3 is 5.97 Å². The van der Waals surface area contributed by atoms with Crippen molar-refractivity contribution >= 4 is 23.3 Å². The van der Waals surface area contributed by atoms with Crippen molar-refractivity contribution in [3.8, 4) is 6.19 Å². The van der Waals surface area contributed by atoms with Crippen LogP contribution >= 0.6 is 11.6 Å². The molecule has 0 saturated heterocycles. The van der Waals surface area contributed by atoms with Crippen LogP contribution in [0.25, 0.3) is 0 Å². The molecule has 16 heavy (non-hydrogen) atoms. The quantitative estimate of drug-likeness (QED) is 0.458. The van der Waals surface area contributed by atoms with Crippen LogP contribution in [0.2, 0.25) is 5.02 Å². The third-order valence-corrected chi connectivity index (χ3v) is 2.10. The first kappa shape index (κ1) is 12.3. The van der Waals surface area contributed by atoms with Gasteiger partial charge in [-0.2, -0.15) is 5.26 Å². The number of esters is 1. The first-order valence-corrected chi connectivity index (χ1v) is 5.13. The number of hydrogen-bond donors (Lipinski definition) is 0. The highest BCUT2D eigenvalue weighted by Gasteiger charge is 2.11. The lowest BCUT2D eigenvalue weighted by atomic mass is 10.3. The van der Waals surface area contributed by atoms with Crippen molar-refractivity contribution < 1.29 is 9.53 Å². The zero-order valence-corrected chi connectivity index (χ0v) is 9.57. The molecule has 0 saturated carbocycles. The van der Waals surface area contributed by atoms with Crippen LogP contribution in [-0.4, -0.2) is 19.1 Å². The Morgan fingerprint density at radius 1 is 1.50 bits per heavy atom. The zero-order chi connectivity index (χ0) is 12.0. The van der Waals surface area contributed by atoms with Crippen molar-refractivity contribution in [3.05, 3.63) is 29.3 Å². The molecule has 5 heteroatoms. The Morgan fingerprint density at radius 2 is 2.12 bits per heavy atom. The van der Waals surface area contributed by atoms with Crippen LogP contribution in [0.3, 0.4) is 0 Å². The molecule has 0 aliphatic heterocycles. The van der Waals surface area contributed by atoms with Gasteiger partial charge in [0.2, 0.25) is 0 Å². The van der Waals surface area contributed by atoms with E-state index in [0.717, 1.165) is 0 Å². The summed E-state index contributed by atoms with van der Waals surface area (Å²) in [6, 6.07) is 6.66. The van der Waals surface area contributed by atoms with Gasteiger partial charge < -0.3 is 4.74 Å². The molecular weight excluding hydrogens is 228 g/mol. The molecule has 1 rings (SSSR count). The van der Waals surface area contributed by atoms with Crippen molar-refractivity contribution in [2.45, 2.75) is 6.92 Å². The molecule has 0 unspecified atom stereocenters. The Labute approximate surface area is 99.0 Å². The van der Waals surface area contributed by atoms with Gasteiger partial charge in [0, 0.05) is 5.02 Å². The molecule has 0 radical (unpaired) electrons. The van der Waals surface area contributed by atoms with E-state index in [1.807, 2.05) is 6.19 Å². The van der Waals surface area contributed by atoms with Gasteiger partial charge in [-0.25, -0.2) is 0 Å². The number of ether oxygens (including phenoxy) is 1. The molecule has 84 valence electrons. The molecule has 0 heterocycles. The number of rotatable bonds is 4. The Balaban J connectivity index is 2.72. The highest BCUT2D eigenvalue weighted by molar-refractivity contribution is 6.30. The summed E-state index contributed by atoms with van der Waals surface area (Å²) in [5.74, 6) is -0.431. The molecule has 1 aromatic rings. The lowest BCUT2D eigenvalue weighted by Gasteiger charge is -2.14. The van der Waals surface area contributed by atoms with Crippen molar-refractivity contribution in [3.63, 3.8) is 0 Å². The summed E-state index contributed by atoms with van der Waals surface area (Å²) >= 11 is 5.72. The molecule has 0 aromatic heterocycles. The van der Waals surface area contributed by atoms with Crippen LogP contribution in [0.5, 0.6) is 0 Å². The van der Waals surface area contributed by atoms with Gasteiger partial charge in [0.25, 0.3) is 0 Å². The maximum Gasteiger partial charge on any atom is 0.326 e. The molecule has 0 atom stereocenters. The number of anilines is 1. The van der Waals surface area contributed by atoms with Gasteiger partial charge in [-0.1, -0.05) is 11.6 Å². The molecule has 0 aliphatic rings. The summed E-state index contributed by atoms with van der Waals surface area (Å²) in [6.45, 7) is 1.93. The molecule has 0 fully saturated rings. The van der Waals surface area contributed by atoms with Crippen LogP contribution in [0.4, 0.5) is 5.69 Å². The smallest absolute Gasteiger partial charge is 0.326 e. The standard InChI is InChI=1S/C11H11ClN2O2/c1-2-16-11(15)7-14(8-13)10-5-3-9(12)4-6-10/h3-6H,2,7H2,1H3. The summed E-state index contributed by atoms with van der Waals surface area (Å²) < 4.78 is 4.76. The topological polar surface area (TPSA) is 53.3 Å². The van der Waals surface area contributed by atoms with Gasteiger partial charge in [-0.15, -0.1) is 0 Å². The summed E-state index contributed by atoms with van der Waals surface area (Å²) in [5, 5.41) is 9.48. The van der Waals surface area contributed by atoms with Crippen molar-refractivity contribution in [1.29, 1.82) is 5.26 Å². The van der Waals surface area contributed by atoms with Crippen LogP contribution in [-0.2, 0) is 9.53 Å². The average molecular weight is 239 g/mol. The molecule has 0 amide bonds. The third kappa shape index (κ3) is 3.44. The molecule has 4 nitrogen and oxygen atoms in total. The monoisotopic (exact) mass is 238 g/mol. The van der Waals surface area contributed by atoms with Gasteiger partial charge in [0.05, 0.1) is 12.3 Å². The number of halogens is 1. The van der Waals surface area contributed by atoms with Gasteiger partial charge in [0.15, 0.2) is 6.19 Å². The summed E-state index contributed by atoms with van der Waals surface area (Å²) in [4.78, 5) is 12.5. The SMILES string of the molecule is CCOC(=O)CN(C#N)c1ccc(Cl)cc1. The fraction of sp³-hybridized carbons (Fsp3) is 0.273. The minimum atomic E-state index is -0.431. The lowest BCUT2D eigenvalue weighted by molar-refractivity contribution is -0.141. The maximum absolute atomic E-state index is 11.2. The number of nitriles is 1. The Hall–Kier alpha value is -1.73. The van der Waals surface area contributed by atoms with Crippen LogP contribution < -0.4 is 4.90 Å². The Kier molecular flexibility index (Phi) is 4.62. The fourth-order valence-electron chi connectivity index (χ4n) is 1.14. The molecule has 0 aliphatic carbocycles. The van der Waals surface area contributed by atoms with E-state index in [-0.39, 0.29) is 6.54 Å². The number of carbonyl (C=O) groups excluding carboxylic acids is 1. The number of benzene rings is 1. The normalized spacial score (nSPS) is 9.31. The summed E-state index contributed by atoms with van der Waals surface area (Å²) in [6.07, 6.45) is 1.92. The Morgan fingerprint density at radius 3 is 2.62 bits per heavy atom. The highest BCUT2D eigenvalue weighted by atomic mass is 35.5. The molecular formula is C11H11ClN2O2. The van der Waals surface area contributed by atoms with E-state index in [1.54, 1.807) is 31.2 Å². The highest BCUT2D eigenvalue weighted by Crippen LogP contribution is 2.17. The van der Waals surface area contributed by atoms with Gasteiger partial charge in [-0.05, 0) is 31.2 Å². The van der Waals surface area contributed by atoms with Crippen molar-refractivity contribution in [1.82, 2.24) is 0 Å². The second-order valence-corrected chi connectivity index (χ2v) is 3.40. The van der Waals surface area contributed by atoms with Crippen LogP contribution in [0.15, 0.2) is 24.3 Å². The Bertz CT molecular complexity index is 397. The van der Waals surface area contributed by atoms with Crippen LogP contribution in [0, 0.1) is 11.5 Å². The van der Waals surface area contributed by atoms with E-state index in [9.17, 15) is 4.79 Å². The fourth-order valence-corrected chi connectivity index (χ4v) is 1.27. The molecule has 1 aromatic carbocycles. The van der Waals surface area contributed by atoms with Crippen LogP contribution in [0.1, 0.15) is 6.92 Å². The number of nitrogens with zero attached hydrogens (tertiary/aromatic N) is 2. The maximum atomic E-state index is 11.2. The molecule has 0 N–H and O–H groups in total. The zero-order valence-electron chi connectivity index (χ0n) is 8.81. The van der Waals surface area contributed by atoms with Gasteiger partial charge in [-0.3, -0.25) is 9.69 Å². The minimum Gasteiger partial charge on any atom is -0.465 e. The second-order valence-electron chi connectivity index (χ2n) is 2.97. The van der Waals surface area contributed by atoms with E-state index in [4.69, 9.17) is 21.6 Å². The minimum absolute atomic E-state index is 0.0913. The molecule has 0 bridgehead atoms. The molecule has 0 spiro atoms. The second kappa shape index (κ2) is 5.99. The first-order chi connectivity index (χ1) is 7.67. The summed E-state index contributed by atoms with van der Waals surface area (Å²) in [5.41, 5.74) is 0.611. The predicted molar refractivity (Wildman–Crippen MR) is 61.0 cm³/mol. The van der Waals surface area contributed by atoms with E-state index in [2.05, 4.69) is 0 Å². The van der Waals surface area contributed by atoms with Gasteiger partial charge in [0.1, 0.15) is 6.54 Å². The van der Waals surface area contributed by atoms with E-state index < -0.39 is 5.97 Å². The summed E-state index contributed by atoms with van der Waals surface area (Å²) in [7, 11) is 0. The third-order valence-electron chi connectivity index (χ3n) is 1.85. The number of hydrogen-bond acceptors (Lipinski definition) is 4. The van der Waals surface area contributed by atoms with E-state index in [0.29, 0.717) is 17.3 Å². The van der Waals surface area contributed by atoms with Crippen molar-refractivity contribution in [2.75, 3.05) is 18.1 Å². The lowest BCUT2D eigenvalue weighted by Crippen LogP contribution is -2.26.